The number of nitrogens with zero attached hydrogens (tertiary/aromatic N) is 1. The van der Waals surface area contributed by atoms with Crippen LogP contribution < -0.4 is 10.6 Å². The highest BCUT2D eigenvalue weighted by molar-refractivity contribution is 5.79. The molecule has 0 heterocycles. The summed E-state index contributed by atoms with van der Waals surface area (Å²) in [5.41, 5.74) is 1.05. The number of rotatable bonds is 12. The van der Waals surface area contributed by atoms with E-state index in [1.165, 1.54) is 0 Å². The standard InChI is InChI=1S/C18H31N3O3/c1-3-5-11-23-13-14-24-12-10-20-18(19-4-2)21-15-16-6-8-17(22)9-7-16/h6-9,22H,3-5,10-15H2,1-2H3,(H2,19,20,21). The number of unbranched alkanes of at least 4 members (excludes halogenated alkanes) is 1. The third kappa shape index (κ3) is 10.1. The highest BCUT2D eigenvalue weighted by atomic mass is 16.5. The molecule has 136 valence electrons. The molecule has 1 aromatic rings. The molecule has 0 radical (unpaired) electrons. The highest BCUT2D eigenvalue weighted by Gasteiger charge is 1.98. The van der Waals surface area contributed by atoms with Gasteiger partial charge in [-0.3, -0.25) is 0 Å². The first-order valence-electron chi connectivity index (χ1n) is 8.71. The smallest absolute Gasteiger partial charge is 0.191 e. The summed E-state index contributed by atoms with van der Waals surface area (Å²) < 4.78 is 11.0. The summed E-state index contributed by atoms with van der Waals surface area (Å²) in [6.07, 6.45) is 2.26. The van der Waals surface area contributed by atoms with Crippen LogP contribution in [-0.4, -0.2) is 50.6 Å². The molecule has 1 aromatic carbocycles. The van der Waals surface area contributed by atoms with Crippen LogP contribution in [0.4, 0.5) is 0 Å². The van der Waals surface area contributed by atoms with Crippen LogP contribution in [0.25, 0.3) is 0 Å². The molecule has 6 heteroatoms. The topological polar surface area (TPSA) is 75.1 Å². The predicted octanol–water partition coefficient (Wildman–Crippen LogP) is 2.28. The zero-order valence-electron chi connectivity index (χ0n) is 14.9. The number of hydrogen-bond donors (Lipinski definition) is 3. The first-order valence-corrected chi connectivity index (χ1v) is 8.71. The monoisotopic (exact) mass is 337 g/mol. The van der Waals surface area contributed by atoms with Gasteiger partial charge >= 0.3 is 0 Å². The molecular weight excluding hydrogens is 306 g/mol. The maximum absolute atomic E-state index is 9.28. The van der Waals surface area contributed by atoms with E-state index in [4.69, 9.17) is 9.47 Å². The molecule has 24 heavy (non-hydrogen) atoms. The molecular formula is C18H31N3O3. The molecule has 0 saturated heterocycles. The average Bonchev–Trinajstić information content (AvgIpc) is 2.59. The third-order valence-corrected chi connectivity index (χ3v) is 3.25. The van der Waals surface area contributed by atoms with Gasteiger partial charge < -0.3 is 25.2 Å². The van der Waals surface area contributed by atoms with E-state index >= 15 is 0 Å². The summed E-state index contributed by atoms with van der Waals surface area (Å²) >= 11 is 0. The van der Waals surface area contributed by atoms with E-state index in [2.05, 4.69) is 22.5 Å². The first kappa shape index (κ1) is 20.3. The van der Waals surface area contributed by atoms with Crippen molar-refractivity contribution in [2.45, 2.75) is 33.2 Å². The lowest BCUT2D eigenvalue weighted by Gasteiger charge is -2.11. The normalized spacial score (nSPS) is 11.5. The first-order chi connectivity index (χ1) is 11.8. The molecule has 3 N–H and O–H groups in total. The minimum Gasteiger partial charge on any atom is -0.508 e. The van der Waals surface area contributed by atoms with Crippen LogP contribution in [0.2, 0.25) is 0 Å². The zero-order chi connectivity index (χ0) is 17.5. The Balaban J connectivity index is 2.18. The van der Waals surface area contributed by atoms with Gasteiger partial charge in [0.25, 0.3) is 0 Å². The fraction of sp³-hybridized carbons (Fsp3) is 0.611. The van der Waals surface area contributed by atoms with Crippen LogP contribution in [0.1, 0.15) is 32.3 Å². The molecule has 0 aliphatic carbocycles. The number of aromatic hydroxyl groups is 1. The lowest BCUT2D eigenvalue weighted by molar-refractivity contribution is 0.0487. The van der Waals surface area contributed by atoms with Gasteiger partial charge in [0.05, 0.1) is 26.4 Å². The fourth-order valence-corrected chi connectivity index (χ4v) is 1.92. The molecule has 0 spiro atoms. The Morgan fingerprint density at radius 2 is 1.71 bits per heavy atom. The van der Waals surface area contributed by atoms with Crippen LogP contribution in [0.3, 0.4) is 0 Å². The Morgan fingerprint density at radius 1 is 1.00 bits per heavy atom. The van der Waals surface area contributed by atoms with Gasteiger partial charge in [-0.05, 0) is 31.0 Å². The van der Waals surface area contributed by atoms with E-state index in [1.807, 2.05) is 19.1 Å². The van der Waals surface area contributed by atoms with Gasteiger partial charge in [0, 0.05) is 19.7 Å². The van der Waals surface area contributed by atoms with Gasteiger partial charge in [0.1, 0.15) is 5.75 Å². The second-order valence-corrected chi connectivity index (χ2v) is 5.37. The highest BCUT2D eigenvalue weighted by Crippen LogP contribution is 2.10. The summed E-state index contributed by atoms with van der Waals surface area (Å²) in [5.74, 6) is 1.02. The van der Waals surface area contributed by atoms with E-state index in [9.17, 15) is 5.11 Å². The Hall–Kier alpha value is -1.79. The number of benzene rings is 1. The maximum Gasteiger partial charge on any atom is 0.191 e. The Labute approximate surface area is 145 Å². The molecule has 0 atom stereocenters. The summed E-state index contributed by atoms with van der Waals surface area (Å²) in [6, 6.07) is 7.07. The number of guanidine groups is 1. The van der Waals surface area contributed by atoms with Crippen molar-refractivity contribution in [3.05, 3.63) is 29.8 Å². The molecule has 0 unspecified atom stereocenters. The summed E-state index contributed by atoms with van der Waals surface area (Å²) in [4.78, 5) is 4.51. The van der Waals surface area contributed by atoms with Crippen molar-refractivity contribution in [2.75, 3.05) is 39.5 Å². The number of hydrogen-bond acceptors (Lipinski definition) is 4. The van der Waals surface area contributed by atoms with Crippen molar-refractivity contribution in [1.82, 2.24) is 10.6 Å². The molecule has 0 fully saturated rings. The number of ether oxygens (including phenoxy) is 2. The largest absolute Gasteiger partial charge is 0.508 e. The third-order valence-electron chi connectivity index (χ3n) is 3.25. The van der Waals surface area contributed by atoms with Gasteiger partial charge in [-0.15, -0.1) is 0 Å². The fourth-order valence-electron chi connectivity index (χ4n) is 1.92. The molecule has 0 aliphatic rings. The van der Waals surface area contributed by atoms with Gasteiger partial charge in [0.15, 0.2) is 5.96 Å². The minimum absolute atomic E-state index is 0.267. The predicted molar refractivity (Wildman–Crippen MR) is 97.5 cm³/mol. The van der Waals surface area contributed by atoms with Gasteiger partial charge in [0.2, 0.25) is 0 Å². The van der Waals surface area contributed by atoms with E-state index < -0.39 is 0 Å². The Kier molecular flexibility index (Phi) is 11.5. The van der Waals surface area contributed by atoms with Gasteiger partial charge in [-0.25, -0.2) is 4.99 Å². The summed E-state index contributed by atoms with van der Waals surface area (Å²) in [5, 5.41) is 15.7. The molecule has 0 aliphatic heterocycles. The molecule has 6 nitrogen and oxygen atoms in total. The number of nitrogens with one attached hydrogen (secondary N) is 2. The number of aliphatic imine (C=N–C) groups is 1. The van der Waals surface area contributed by atoms with E-state index in [0.717, 1.165) is 37.5 Å². The SMILES string of the molecule is CCCCOCCOCCNC(=NCc1ccc(O)cc1)NCC. The second kappa shape index (κ2) is 13.6. The van der Waals surface area contributed by atoms with Crippen molar-refractivity contribution >= 4 is 5.96 Å². The zero-order valence-corrected chi connectivity index (χ0v) is 14.9. The quantitative estimate of drug-likeness (QED) is 0.310. The summed E-state index contributed by atoms with van der Waals surface area (Å²) in [6.45, 7) is 8.92. The van der Waals surface area contributed by atoms with E-state index in [0.29, 0.717) is 32.9 Å². The van der Waals surface area contributed by atoms with Crippen molar-refractivity contribution in [2.24, 2.45) is 4.99 Å². The molecule has 0 saturated carbocycles. The van der Waals surface area contributed by atoms with Gasteiger partial charge in [-0.1, -0.05) is 25.5 Å². The van der Waals surface area contributed by atoms with Crippen molar-refractivity contribution in [3.63, 3.8) is 0 Å². The van der Waals surface area contributed by atoms with Crippen molar-refractivity contribution in [3.8, 4) is 5.75 Å². The van der Waals surface area contributed by atoms with E-state index in [1.54, 1.807) is 12.1 Å². The van der Waals surface area contributed by atoms with Crippen molar-refractivity contribution in [1.29, 1.82) is 0 Å². The maximum atomic E-state index is 9.28. The molecule has 0 aromatic heterocycles. The van der Waals surface area contributed by atoms with Crippen LogP contribution >= 0.6 is 0 Å². The number of phenolic OH excluding ortho intramolecular Hbond substituents is 1. The number of phenols is 1. The minimum atomic E-state index is 0.267. The van der Waals surface area contributed by atoms with Crippen LogP contribution in [-0.2, 0) is 16.0 Å². The molecule has 1 rings (SSSR count). The lowest BCUT2D eigenvalue weighted by atomic mass is 10.2. The second-order valence-electron chi connectivity index (χ2n) is 5.37. The van der Waals surface area contributed by atoms with Crippen molar-refractivity contribution < 1.29 is 14.6 Å². The van der Waals surface area contributed by atoms with Crippen LogP contribution in [0.15, 0.2) is 29.3 Å². The van der Waals surface area contributed by atoms with Crippen LogP contribution in [0, 0.1) is 0 Å². The molecule has 0 amide bonds. The van der Waals surface area contributed by atoms with E-state index in [-0.39, 0.29) is 5.75 Å². The lowest BCUT2D eigenvalue weighted by Crippen LogP contribution is -2.39. The molecule has 0 bridgehead atoms. The summed E-state index contributed by atoms with van der Waals surface area (Å²) in [7, 11) is 0. The average molecular weight is 337 g/mol. The Bertz CT molecular complexity index is 449. The Morgan fingerprint density at radius 3 is 2.38 bits per heavy atom. The van der Waals surface area contributed by atoms with Crippen LogP contribution in [0.5, 0.6) is 5.75 Å². The van der Waals surface area contributed by atoms with Gasteiger partial charge in [-0.2, -0.15) is 0 Å².